The van der Waals surface area contributed by atoms with Crippen molar-refractivity contribution in [3.63, 3.8) is 0 Å². The third-order valence-electron chi connectivity index (χ3n) is 3.41. The number of hydrogen-bond acceptors (Lipinski definition) is 3. The third-order valence-corrected chi connectivity index (χ3v) is 3.41. The first kappa shape index (κ1) is 15.3. The third kappa shape index (κ3) is 3.59. The molecule has 0 aliphatic heterocycles. The average Bonchev–Trinajstić information content (AvgIpc) is 2.54. The van der Waals surface area contributed by atoms with Gasteiger partial charge in [0.05, 0.1) is 5.52 Å². The molecule has 0 saturated carbocycles. The Hall–Kier alpha value is -2.63. The van der Waals surface area contributed by atoms with Crippen molar-refractivity contribution in [1.29, 1.82) is 0 Å². The van der Waals surface area contributed by atoms with Crippen molar-refractivity contribution in [3.05, 3.63) is 65.7 Å². The molecule has 0 fully saturated rings. The second-order valence-corrected chi connectivity index (χ2v) is 5.05. The van der Waals surface area contributed by atoms with E-state index in [9.17, 15) is 13.2 Å². The molecule has 1 N–H and O–H groups in total. The molecule has 6 heteroatoms. The van der Waals surface area contributed by atoms with Crippen molar-refractivity contribution in [2.75, 3.05) is 11.9 Å². The summed E-state index contributed by atoms with van der Waals surface area (Å²) in [5.74, 6) is -0.436. The smallest absolute Gasteiger partial charge is 0.297 e. The minimum absolute atomic E-state index is 0.296. The molecule has 0 atom stereocenters. The Morgan fingerprint density at radius 1 is 1.00 bits per heavy atom. The zero-order valence-electron chi connectivity index (χ0n) is 12.1. The van der Waals surface area contributed by atoms with Crippen LogP contribution in [0, 0.1) is 5.82 Å². The molecule has 0 aliphatic rings. The summed E-state index contributed by atoms with van der Waals surface area (Å²) in [4.78, 5) is 7.77. The average molecular weight is 317 g/mol. The molecule has 0 bridgehead atoms. The SMILES string of the molecule is Fc1cccc(CCNc2nc(C(F)F)nc3ccccc23)c1. The molecule has 0 saturated heterocycles. The number of aromatic nitrogens is 2. The molecule has 0 amide bonds. The number of alkyl halides is 2. The molecule has 0 unspecified atom stereocenters. The zero-order valence-corrected chi connectivity index (χ0v) is 12.1. The Balaban J connectivity index is 1.81. The minimum Gasteiger partial charge on any atom is -0.369 e. The van der Waals surface area contributed by atoms with Gasteiger partial charge in [0, 0.05) is 11.9 Å². The largest absolute Gasteiger partial charge is 0.369 e. The first-order valence-electron chi connectivity index (χ1n) is 7.16. The van der Waals surface area contributed by atoms with E-state index in [4.69, 9.17) is 0 Å². The van der Waals surface area contributed by atoms with E-state index in [-0.39, 0.29) is 5.82 Å². The number of anilines is 1. The van der Waals surface area contributed by atoms with Crippen LogP contribution in [0.3, 0.4) is 0 Å². The number of hydrogen-bond donors (Lipinski definition) is 1. The van der Waals surface area contributed by atoms with Gasteiger partial charge in [-0.1, -0.05) is 24.3 Å². The quantitative estimate of drug-likeness (QED) is 0.760. The highest BCUT2D eigenvalue weighted by atomic mass is 19.3. The highest BCUT2D eigenvalue weighted by Crippen LogP contribution is 2.24. The lowest BCUT2D eigenvalue weighted by atomic mass is 10.1. The van der Waals surface area contributed by atoms with Crippen molar-refractivity contribution in [2.45, 2.75) is 12.8 Å². The van der Waals surface area contributed by atoms with E-state index in [1.165, 1.54) is 12.1 Å². The number of rotatable bonds is 5. The van der Waals surface area contributed by atoms with Crippen LogP contribution < -0.4 is 5.32 Å². The van der Waals surface area contributed by atoms with Crippen molar-refractivity contribution in [1.82, 2.24) is 9.97 Å². The Morgan fingerprint density at radius 2 is 1.83 bits per heavy atom. The number of benzene rings is 2. The van der Waals surface area contributed by atoms with Crippen LogP contribution in [0.5, 0.6) is 0 Å². The molecule has 3 nitrogen and oxygen atoms in total. The topological polar surface area (TPSA) is 37.8 Å². The first-order chi connectivity index (χ1) is 11.1. The van der Waals surface area contributed by atoms with E-state index in [0.29, 0.717) is 29.7 Å². The molecule has 0 spiro atoms. The zero-order chi connectivity index (χ0) is 16.2. The van der Waals surface area contributed by atoms with E-state index in [1.807, 2.05) is 6.07 Å². The van der Waals surface area contributed by atoms with Gasteiger partial charge in [0.1, 0.15) is 11.6 Å². The van der Waals surface area contributed by atoms with Crippen molar-refractivity contribution in [3.8, 4) is 0 Å². The standard InChI is InChI=1S/C17H14F3N3/c18-12-5-3-4-11(10-12)8-9-21-16-13-6-1-2-7-14(13)22-17(23-16)15(19)20/h1-7,10,15H,8-9H2,(H,21,22,23). The van der Waals surface area contributed by atoms with Gasteiger partial charge < -0.3 is 5.32 Å². The molecule has 2 aromatic carbocycles. The van der Waals surface area contributed by atoms with Gasteiger partial charge in [0.15, 0.2) is 5.82 Å². The van der Waals surface area contributed by atoms with Crippen LogP contribution in [0.4, 0.5) is 19.0 Å². The first-order valence-corrected chi connectivity index (χ1v) is 7.16. The van der Waals surface area contributed by atoms with Gasteiger partial charge in [0.2, 0.25) is 0 Å². The van der Waals surface area contributed by atoms with E-state index in [2.05, 4.69) is 15.3 Å². The molecule has 118 valence electrons. The normalized spacial score (nSPS) is 11.1. The highest BCUT2D eigenvalue weighted by molar-refractivity contribution is 5.88. The Kier molecular flexibility index (Phi) is 4.41. The molecule has 3 aromatic rings. The van der Waals surface area contributed by atoms with Gasteiger partial charge in [-0.05, 0) is 36.2 Å². The van der Waals surface area contributed by atoms with Gasteiger partial charge >= 0.3 is 0 Å². The lowest BCUT2D eigenvalue weighted by Gasteiger charge is -2.10. The summed E-state index contributed by atoms with van der Waals surface area (Å²) in [6.45, 7) is 0.452. The maximum atomic E-state index is 13.1. The van der Waals surface area contributed by atoms with Crippen LogP contribution in [-0.4, -0.2) is 16.5 Å². The molecule has 0 radical (unpaired) electrons. The fraction of sp³-hybridized carbons (Fsp3) is 0.176. The fourth-order valence-electron chi connectivity index (χ4n) is 2.34. The van der Waals surface area contributed by atoms with Crippen LogP contribution >= 0.6 is 0 Å². The lowest BCUT2D eigenvalue weighted by molar-refractivity contribution is 0.141. The van der Waals surface area contributed by atoms with E-state index in [0.717, 1.165) is 5.56 Å². The Morgan fingerprint density at radius 3 is 2.61 bits per heavy atom. The number of halogens is 3. The maximum Gasteiger partial charge on any atom is 0.297 e. The number of fused-ring (bicyclic) bond motifs is 1. The minimum atomic E-state index is -2.73. The summed E-state index contributed by atoms with van der Waals surface area (Å²) < 4.78 is 39.0. The van der Waals surface area contributed by atoms with Gasteiger partial charge in [0.25, 0.3) is 6.43 Å². The predicted octanol–water partition coefficient (Wildman–Crippen LogP) is 4.36. The molecule has 3 rings (SSSR count). The van der Waals surface area contributed by atoms with Crippen LogP contribution in [0.15, 0.2) is 48.5 Å². The van der Waals surface area contributed by atoms with Crippen molar-refractivity contribution < 1.29 is 13.2 Å². The molecule has 1 heterocycles. The van der Waals surface area contributed by atoms with Crippen molar-refractivity contribution in [2.24, 2.45) is 0 Å². The van der Waals surface area contributed by atoms with Gasteiger partial charge in [-0.2, -0.15) is 0 Å². The number of nitrogens with zero attached hydrogens (tertiary/aromatic N) is 2. The second kappa shape index (κ2) is 6.64. The Labute approximate surface area is 131 Å². The summed E-state index contributed by atoms with van der Waals surface area (Å²) in [6.07, 6.45) is -2.18. The van der Waals surface area contributed by atoms with Crippen LogP contribution in [0.25, 0.3) is 10.9 Å². The highest BCUT2D eigenvalue weighted by Gasteiger charge is 2.14. The molecule has 23 heavy (non-hydrogen) atoms. The summed E-state index contributed by atoms with van der Waals surface area (Å²) in [7, 11) is 0. The van der Waals surface area contributed by atoms with Crippen LogP contribution in [0.2, 0.25) is 0 Å². The summed E-state index contributed by atoms with van der Waals surface area (Å²) in [6, 6.07) is 13.3. The fourth-order valence-corrected chi connectivity index (χ4v) is 2.34. The van der Waals surface area contributed by atoms with Crippen molar-refractivity contribution >= 4 is 16.7 Å². The van der Waals surface area contributed by atoms with E-state index in [1.54, 1.807) is 30.3 Å². The lowest BCUT2D eigenvalue weighted by Crippen LogP contribution is -2.09. The summed E-state index contributed by atoms with van der Waals surface area (Å²) in [5, 5.41) is 3.72. The monoisotopic (exact) mass is 317 g/mol. The van der Waals surface area contributed by atoms with Crippen LogP contribution in [-0.2, 0) is 6.42 Å². The number of nitrogens with one attached hydrogen (secondary N) is 1. The molecular formula is C17H14F3N3. The predicted molar refractivity (Wildman–Crippen MR) is 83.1 cm³/mol. The second-order valence-electron chi connectivity index (χ2n) is 5.05. The van der Waals surface area contributed by atoms with Crippen LogP contribution in [0.1, 0.15) is 17.8 Å². The number of para-hydroxylation sites is 1. The molecular weight excluding hydrogens is 303 g/mol. The van der Waals surface area contributed by atoms with E-state index >= 15 is 0 Å². The summed E-state index contributed by atoms with van der Waals surface area (Å²) in [5.41, 5.74) is 1.29. The molecule has 0 aliphatic carbocycles. The summed E-state index contributed by atoms with van der Waals surface area (Å²) >= 11 is 0. The van der Waals surface area contributed by atoms with Gasteiger partial charge in [-0.25, -0.2) is 23.1 Å². The van der Waals surface area contributed by atoms with E-state index < -0.39 is 12.2 Å². The van der Waals surface area contributed by atoms with Gasteiger partial charge in [-0.3, -0.25) is 0 Å². The maximum absolute atomic E-state index is 13.1. The molecule has 1 aromatic heterocycles. The Bertz CT molecular complexity index is 821. The van der Waals surface area contributed by atoms with Gasteiger partial charge in [-0.15, -0.1) is 0 Å².